The van der Waals surface area contributed by atoms with Crippen molar-refractivity contribution < 1.29 is 19.8 Å². The van der Waals surface area contributed by atoms with E-state index in [-0.39, 0.29) is 30.2 Å². The molecule has 1 fully saturated rings. The Morgan fingerprint density at radius 2 is 2.12 bits per heavy atom. The van der Waals surface area contributed by atoms with Gasteiger partial charge in [0.2, 0.25) is 5.91 Å². The first-order valence-electron chi connectivity index (χ1n) is 5.12. The molecule has 7 heteroatoms. The summed E-state index contributed by atoms with van der Waals surface area (Å²) in [7, 11) is 0. The standard InChI is InChI=1S/C9H17N3O4/c1-5-6(2)12(16)4-11(5)7(9(14)15)3-8(10)13/h5-7,12H,3-4H2,1-2H3,(H2,10,13)(H,14,15)/p-1. The van der Waals surface area contributed by atoms with Gasteiger partial charge < -0.3 is 25.9 Å². The van der Waals surface area contributed by atoms with Gasteiger partial charge >= 0.3 is 0 Å². The first-order chi connectivity index (χ1) is 7.34. The van der Waals surface area contributed by atoms with Crippen LogP contribution in [0.4, 0.5) is 0 Å². The Bertz CT molecular complexity index is 296. The molecule has 0 aromatic carbocycles. The molecule has 0 aromatic rings. The minimum Gasteiger partial charge on any atom is -0.633 e. The summed E-state index contributed by atoms with van der Waals surface area (Å²) in [6.07, 6.45) is -0.327. The van der Waals surface area contributed by atoms with Crippen LogP contribution >= 0.6 is 0 Å². The smallest absolute Gasteiger partial charge is 0.219 e. The number of rotatable bonds is 4. The Hall–Kier alpha value is -1.18. The summed E-state index contributed by atoms with van der Waals surface area (Å²) < 4.78 is 0. The Morgan fingerprint density at radius 1 is 1.56 bits per heavy atom. The number of nitrogens with one attached hydrogen (secondary N) is 1. The van der Waals surface area contributed by atoms with Crippen molar-refractivity contribution in [2.45, 2.75) is 38.4 Å². The Labute approximate surface area is 93.4 Å². The second kappa shape index (κ2) is 4.77. The lowest BCUT2D eigenvalue weighted by atomic mass is 10.1. The van der Waals surface area contributed by atoms with Gasteiger partial charge in [-0.05, 0) is 13.8 Å². The summed E-state index contributed by atoms with van der Waals surface area (Å²) in [4.78, 5) is 23.1. The van der Waals surface area contributed by atoms with Gasteiger partial charge in [-0.2, -0.15) is 0 Å². The van der Waals surface area contributed by atoms with E-state index in [9.17, 15) is 19.9 Å². The zero-order valence-corrected chi connectivity index (χ0v) is 9.30. The molecule has 1 saturated heterocycles. The minimum atomic E-state index is -1.37. The first-order valence-corrected chi connectivity index (χ1v) is 5.12. The van der Waals surface area contributed by atoms with Crippen molar-refractivity contribution in [1.82, 2.24) is 4.90 Å². The van der Waals surface area contributed by atoms with Gasteiger partial charge in [0.1, 0.15) is 12.7 Å². The third-order valence-electron chi connectivity index (χ3n) is 3.16. The fraction of sp³-hybridized carbons (Fsp3) is 0.778. The monoisotopic (exact) mass is 230 g/mol. The van der Waals surface area contributed by atoms with Gasteiger partial charge in [-0.1, -0.05) is 0 Å². The van der Waals surface area contributed by atoms with E-state index in [0.29, 0.717) is 0 Å². The van der Waals surface area contributed by atoms with E-state index < -0.39 is 17.9 Å². The highest BCUT2D eigenvalue weighted by atomic mass is 16.5. The number of aliphatic carboxylic acids is 1. The summed E-state index contributed by atoms with van der Waals surface area (Å²) in [5.41, 5.74) is 4.97. The molecule has 1 amide bonds. The minimum absolute atomic E-state index is 0.0248. The molecule has 0 spiro atoms. The van der Waals surface area contributed by atoms with E-state index in [1.165, 1.54) is 4.90 Å². The molecule has 0 aromatic heterocycles. The molecule has 92 valence electrons. The molecular formula is C9H16N3O4-. The van der Waals surface area contributed by atoms with Gasteiger partial charge in [0.05, 0.1) is 18.1 Å². The molecule has 4 atom stereocenters. The van der Waals surface area contributed by atoms with Gasteiger partial charge in [-0.25, -0.2) is 4.90 Å². The molecule has 0 bridgehead atoms. The van der Waals surface area contributed by atoms with Gasteiger partial charge in [-0.3, -0.25) is 4.79 Å². The molecule has 0 radical (unpaired) electrons. The first kappa shape index (κ1) is 12.9. The number of carbonyl (C=O) groups excluding carboxylic acids is 2. The van der Waals surface area contributed by atoms with Gasteiger partial charge in [0.15, 0.2) is 0 Å². The molecule has 1 heterocycles. The average molecular weight is 230 g/mol. The van der Waals surface area contributed by atoms with Crippen molar-refractivity contribution in [2.24, 2.45) is 5.73 Å². The predicted octanol–water partition coefficient (Wildman–Crippen LogP) is -3.59. The summed E-state index contributed by atoms with van der Waals surface area (Å²) in [5, 5.41) is 22.3. The zero-order valence-electron chi connectivity index (χ0n) is 9.30. The van der Waals surface area contributed by atoms with Crippen molar-refractivity contribution in [3.05, 3.63) is 5.21 Å². The highest BCUT2D eigenvalue weighted by Crippen LogP contribution is 2.13. The third kappa shape index (κ3) is 2.49. The van der Waals surface area contributed by atoms with Crippen LogP contribution in [0.3, 0.4) is 0 Å². The number of nitrogens with zero attached hydrogens (tertiary/aromatic N) is 1. The highest BCUT2D eigenvalue weighted by molar-refractivity contribution is 5.82. The number of carboxylic acid groups (broad SMARTS) is 1. The van der Waals surface area contributed by atoms with E-state index in [0.717, 1.165) is 0 Å². The predicted molar refractivity (Wildman–Crippen MR) is 52.6 cm³/mol. The molecule has 0 saturated carbocycles. The molecule has 0 aliphatic carbocycles. The molecule has 3 N–H and O–H groups in total. The van der Waals surface area contributed by atoms with E-state index in [1.54, 1.807) is 13.8 Å². The third-order valence-corrected chi connectivity index (χ3v) is 3.16. The van der Waals surface area contributed by atoms with Crippen LogP contribution < -0.4 is 15.9 Å². The number of hydroxylamine groups is 2. The number of hydrogen-bond acceptors (Lipinski definition) is 5. The van der Waals surface area contributed by atoms with E-state index in [2.05, 4.69) is 0 Å². The zero-order chi connectivity index (χ0) is 12.5. The number of quaternary nitrogens is 1. The average Bonchev–Trinajstić information content (AvgIpc) is 2.42. The van der Waals surface area contributed by atoms with E-state index >= 15 is 0 Å². The maximum absolute atomic E-state index is 11.4. The second-order valence-electron chi connectivity index (χ2n) is 4.17. The van der Waals surface area contributed by atoms with Crippen molar-refractivity contribution in [3.8, 4) is 0 Å². The van der Waals surface area contributed by atoms with Gasteiger partial charge in [-0.15, -0.1) is 0 Å². The Morgan fingerprint density at radius 3 is 2.44 bits per heavy atom. The second-order valence-corrected chi connectivity index (χ2v) is 4.17. The maximum Gasteiger partial charge on any atom is 0.219 e. The molecule has 7 nitrogen and oxygen atoms in total. The van der Waals surface area contributed by atoms with Crippen LogP contribution in [0.5, 0.6) is 0 Å². The van der Waals surface area contributed by atoms with Crippen molar-refractivity contribution >= 4 is 11.9 Å². The quantitative estimate of drug-likeness (QED) is 0.484. The number of amides is 1. The van der Waals surface area contributed by atoms with Crippen LogP contribution in [0.25, 0.3) is 0 Å². The lowest BCUT2D eigenvalue weighted by molar-refractivity contribution is -0.864. The molecule has 1 aliphatic rings. The van der Waals surface area contributed by atoms with Gasteiger partial charge in [0, 0.05) is 6.42 Å². The number of nitrogens with two attached hydrogens (primary N) is 1. The molecular weight excluding hydrogens is 214 g/mol. The summed E-state index contributed by atoms with van der Waals surface area (Å²) in [6.45, 7) is 3.53. The summed E-state index contributed by atoms with van der Waals surface area (Å²) in [5.74, 6) is -2.08. The summed E-state index contributed by atoms with van der Waals surface area (Å²) >= 11 is 0. The SMILES string of the molecule is CC1C(C)[NH+]([O-])CN1C(CC(N)=O)C(=O)[O-]. The van der Waals surface area contributed by atoms with Crippen molar-refractivity contribution in [3.63, 3.8) is 0 Å². The lowest BCUT2D eigenvalue weighted by Gasteiger charge is -2.28. The molecule has 4 unspecified atom stereocenters. The normalized spacial score (nSPS) is 32.6. The van der Waals surface area contributed by atoms with Crippen LogP contribution in [0, 0.1) is 5.21 Å². The van der Waals surface area contributed by atoms with E-state index in [4.69, 9.17) is 5.73 Å². The van der Waals surface area contributed by atoms with Crippen molar-refractivity contribution in [1.29, 1.82) is 0 Å². The molecule has 1 rings (SSSR count). The van der Waals surface area contributed by atoms with Crippen LogP contribution in [-0.2, 0) is 9.59 Å². The van der Waals surface area contributed by atoms with Gasteiger partial charge in [0.25, 0.3) is 0 Å². The summed E-state index contributed by atoms with van der Waals surface area (Å²) in [6, 6.07) is -1.55. The van der Waals surface area contributed by atoms with Crippen LogP contribution in [0.15, 0.2) is 0 Å². The largest absolute Gasteiger partial charge is 0.633 e. The number of carboxylic acids is 1. The lowest BCUT2D eigenvalue weighted by Crippen LogP contribution is -3.09. The number of hydrogen-bond donors (Lipinski definition) is 2. The molecule has 16 heavy (non-hydrogen) atoms. The maximum atomic E-state index is 11.4. The molecule has 1 aliphatic heterocycles. The van der Waals surface area contributed by atoms with Crippen LogP contribution in [0.1, 0.15) is 20.3 Å². The van der Waals surface area contributed by atoms with Crippen LogP contribution in [0.2, 0.25) is 0 Å². The van der Waals surface area contributed by atoms with Crippen molar-refractivity contribution in [2.75, 3.05) is 6.67 Å². The highest BCUT2D eigenvalue weighted by Gasteiger charge is 2.39. The Kier molecular flexibility index (Phi) is 3.84. The number of primary amides is 1. The fourth-order valence-corrected chi connectivity index (χ4v) is 1.94. The van der Waals surface area contributed by atoms with Crippen LogP contribution in [-0.4, -0.2) is 41.6 Å². The number of carbonyl (C=O) groups is 2. The van der Waals surface area contributed by atoms with E-state index in [1.807, 2.05) is 0 Å². The fourth-order valence-electron chi connectivity index (χ4n) is 1.94. The Balaban J connectivity index is 2.80. The topological polar surface area (TPSA) is 114 Å².